The van der Waals surface area contributed by atoms with Crippen molar-refractivity contribution in [2.45, 2.75) is 32.9 Å². The number of benzene rings is 2. The molecular formula is C27H27FN6O2. The van der Waals surface area contributed by atoms with E-state index in [9.17, 15) is 14.3 Å². The molecule has 3 aliphatic rings. The van der Waals surface area contributed by atoms with E-state index in [0.717, 1.165) is 47.0 Å². The molecule has 2 aromatic rings. The normalized spacial score (nSPS) is 13.6. The molecule has 8 nitrogen and oxygen atoms in total. The molecule has 0 unspecified atom stereocenters. The molecular weight excluding hydrogens is 459 g/mol. The maximum absolute atomic E-state index is 15.0. The van der Waals surface area contributed by atoms with Gasteiger partial charge in [-0.1, -0.05) is 12.1 Å². The number of pyridine rings is 1. The summed E-state index contributed by atoms with van der Waals surface area (Å²) >= 11 is 0. The number of nitrogens with one attached hydrogen (secondary N) is 2. The van der Waals surface area contributed by atoms with Crippen LogP contribution in [-0.2, 0) is 12.1 Å². The van der Waals surface area contributed by atoms with Gasteiger partial charge in [0.1, 0.15) is 17.5 Å². The van der Waals surface area contributed by atoms with Crippen LogP contribution in [0.4, 0.5) is 15.9 Å². The molecule has 5 rings (SSSR count). The lowest BCUT2D eigenvalue weighted by molar-refractivity contribution is 0.0785. The number of carbonyl (C=O) groups excluding carboxylic acids is 1. The molecule has 0 bridgehead atoms. The van der Waals surface area contributed by atoms with E-state index in [1.165, 1.54) is 6.07 Å². The van der Waals surface area contributed by atoms with Crippen molar-refractivity contribution in [3.63, 3.8) is 0 Å². The smallest absolute Gasteiger partial charge is 0.255 e. The maximum Gasteiger partial charge on any atom is 0.255 e. The van der Waals surface area contributed by atoms with Crippen LogP contribution in [0.15, 0.2) is 53.7 Å². The van der Waals surface area contributed by atoms with Gasteiger partial charge in [-0.05, 0) is 67.8 Å². The highest BCUT2D eigenvalue weighted by Crippen LogP contribution is 2.39. The number of hydrogen-bond acceptors (Lipinski definition) is 6. The van der Waals surface area contributed by atoms with E-state index in [1.807, 2.05) is 13.0 Å². The van der Waals surface area contributed by atoms with E-state index in [-0.39, 0.29) is 5.69 Å². The number of rotatable bonds is 4. The number of anilines is 2. The summed E-state index contributed by atoms with van der Waals surface area (Å²) < 4.78 is 17.1. The second-order valence-corrected chi connectivity index (χ2v) is 9.40. The fraction of sp³-hybridized carbons (Fsp3) is 0.259. The molecule has 9 heteroatoms. The van der Waals surface area contributed by atoms with Crippen molar-refractivity contribution >= 4 is 17.4 Å². The molecule has 3 N–H and O–H groups in total. The second-order valence-electron chi connectivity index (χ2n) is 9.40. The third-order valence-electron chi connectivity index (χ3n) is 6.38. The van der Waals surface area contributed by atoms with Crippen LogP contribution in [0.1, 0.15) is 35.3 Å². The highest BCUT2D eigenvalue weighted by molar-refractivity contribution is 6.05. The largest absolute Gasteiger partial charge is 0.386 e. The second kappa shape index (κ2) is 8.83. The van der Waals surface area contributed by atoms with Crippen molar-refractivity contribution < 1.29 is 14.3 Å². The van der Waals surface area contributed by atoms with Gasteiger partial charge in [0.25, 0.3) is 5.91 Å². The Morgan fingerprint density at radius 3 is 2.78 bits per heavy atom. The van der Waals surface area contributed by atoms with Gasteiger partial charge in [0.2, 0.25) is 5.62 Å². The summed E-state index contributed by atoms with van der Waals surface area (Å²) in [5.41, 5.74) is 3.51. The lowest BCUT2D eigenvalue weighted by atomic mass is 9.96. The summed E-state index contributed by atoms with van der Waals surface area (Å²) in [6.45, 7) is 6.58. The monoisotopic (exact) mass is 486 g/mol. The minimum atomic E-state index is -1.10. The minimum absolute atomic E-state index is 0.0717. The van der Waals surface area contributed by atoms with Crippen molar-refractivity contribution in [3.05, 3.63) is 76.8 Å². The number of fused-ring (bicyclic) bond motifs is 3. The van der Waals surface area contributed by atoms with Gasteiger partial charge >= 0.3 is 0 Å². The Bertz CT molecular complexity index is 1540. The lowest BCUT2D eigenvalue weighted by Crippen LogP contribution is -2.18. The zero-order valence-electron chi connectivity index (χ0n) is 20.6. The molecule has 0 saturated heterocycles. The summed E-state index contributed by atoms with van der Waals surface area (Å²) in [5, 5.41) is 16.4. The number of amides is 1. The number of aliphatic hydroxyl groups is 1. The Morgan fingerprint density at radius 2 is 2.03 bits per heavy atom. The van der Waals surface area contributed by atoms with Crippen LogP contribution in [0.5, 0.6) is 0 Å². The average molecular weight is 487 g/mol. The van der Waals surface area contributed by atoms with Crippen LogP contribution < -0.4 is 16.3 Å². The molecule has 0 aliphatic carbocycles. The fourth-order valence-electron chi connectivity index (χ4n) is 4.47. The standard InChI is InChI=1S/C27H27FN6O2/c1-15-10-21(28)22(32-25(35)16-6-5-7-18(11-16)27(2,3)36)13-19(15)20-12-17-14-31-26(29-4)33-23(17)34-9-8-30-24(20)34/h5-7,10-14,30,36H,8-9H2,1-4H3,(H,32,35). The van der Waals surface area contributed by atoms with Crippen molar-refractivity contribution in [2.24, 2.45) is 4.99 Å². The highest BCUT2D eigenvalue weighted by atomic mass is 19.1. The predicted molar refractivity (Wildman–Crippen MR) is 136 cm³/mol. The van der Waals surface area contributed by atoms with Crippen LogP contribution in [0.25, 0.3) is 22.5 Å². The molecule has 0 atom stereocenters. The summed E-state index contributed by atoms with van der Waals surface area (Å²) in [6.07, 6.45) is 1.73. The Labute approximate surface area is 207 Å². The minimum Gasteiger partial charge on any atom is -0.386 e. The van der Waals surface area contributed by atoms with Gasteiger partial charge in [0.05, 0.1) is 11.3 Å². The fourth-order valence-corrected chi connectivity index (χ4v) is 4.47. The SMILES string of the molecule is CN=c1ncc2cc(-c3cc(NC(=O)c4cccc(C(C)(C)O)c4)c(F)cc3C)c3n(c-2n1)CCN3. The topological polar surface area (TPSA) is 104 Å². The van der Waals surface area contributed by atoms with Crippen LogP contribution in [0, 0.1) is 12.7 Å². The van der Waals surface area contributed by atoms with E-state index in [2.05, 4.69) is 30.2 Å². The Morgan fingerprint density at radius 1 is 1.22 bits per heavy atom. The Kier molecular flexibility index (Phi) is 5.80. The van der Waals surface area contributed by atoms with Gasteiger partial charge < -0.3 is 20.3 Å². The summed E-state index contributed by atoms with van der Waals surface area (Å²) in [7, 11) is 1.65. The van der Waals surface area contributed by atoms with Crippen molar-refractivity contribution in [3.8, 4) is 22.5 Å². The number of hydrogen-bond donors (Lipinski definition) is 3. The van der Waals surface area contributed by atoms with E-state index in [1.54, 1.807) is 57.4 Å². The van der Waals surface area contributed by atoms with Gasteiger partial charge in [-0.3, -0.25) is 9.79 Å². The van der Waals surface area contributed by atoms with E-state index < -0.39 is 17.3 Å². The van der Waals surface area contributed by atoms with Crippen LogP contribution >= 0.6 is 0 Å². The maximum atomic E-state index is 15.0. The third-order valence-corrected chi connectivity index (χ3v) is 6.38. The van der Waals surface area contributed by atoms with E-state index >= 15 is 0 Å². The first-order valence-corrected chi connectivity index (χ1v) is 11.7. The van der Waals surface area contributed by atoms with Crippen molar-refractivity contribution in [2.75, 3.05) is 24.2 Å². The lowest BCUT2D eigenvalue weighted by Gasteiger charge is -2.19. The van der Waals surface area contributed by atoms with Crippen LogP contribution in [-0.4, -0.2) is 39.1 Å². The third kappa shape index (κ3) is 4.22. The molecule has 0 saturated carbocycles. The first-order valence-electron chi connectivity index (χ1n) is 11.7. The number of carbonyl (C=O) groups is 1. The van der Waals surface area contributed by atoms with Crippen LogP contribution in [0.2, 0.25) is 0 Å². The summed E-state index contributed by atoms with van der Waals surface area (Å²) in [5.74, 6) is 0.650. The number of aromatic nitrogens is 3. The Hall–Kier alpha value is -4.11. The van der Waals surface area contributed by atoms with Crippen molar-refractivity contribution in [1.29, 1.82) is 0 Å². The average Bonchev–Trinajstić information content (AvgIpc) is 3.35. The molecule has 3 aliphatic heterocycles. The summed E-state index contributed by atoms with van der Waals surface area (Å²) in [6, 6.07) is 11.7. The first-order chi connectivity index (χ1) is 17.2. The molecule has 3 heterocycles. The Balaban J connectivity index is 1.58. The molecule has 2 aromatic carbocycles. The van der Waals surface area contributed by atoms with Gasteiger partial charge in [-0.15, -0.1) is 0 Å². The number of halogens is 1. The van der Waals surface area contributed by atoms with Gasteiger partial charge in [-0.2, -0.15) is 4.98 Å². The highest BCUT2D eigenvalue weighted by Gasteiger charge is 2.24. The van der Waals surface area contributed by atoms with Gasteiger partial charge in [0, 0.05) is 43.0 Å². The molecule has 0 fully saturated rings. The molecule has 0 radical (unpaired) electrons. The quantitative estimate of drug-likeness (QED) is 0.405. The van der Waals surface area contributed by atoms with Gasteiger partial charge in [0.15, 0.2) is 0 Å². The number of aryl methyl sites for hydroxylation is 1. The summed E-state index contributed by atoms with van der Waals surface area (Å²) in [4.78, 5) is 25.9. The number of nitrogens with zero attached hydrogens (tertiary/aromatic N) is 4. The molecule has 184 valence electrons. The molecule has 0 aromatic heterocycles. The molecule has 0 spiro atoms. The zero-order valence-corrected chi connectivity index (χ0v) is 20.6. The zero-order chi connectivity index (χ0) is 25.6. The molecule has 1 amide bonds. The van der Waals surface area contributed by atoms with Crippen molar-refractivity contribution in [1.82, 2.24) is 14.5 Å². The van der Waals surface area contributed by atoms with E-state index in [4.69, 9.17) is 0 Å². The molecule has 36 heavy (non-hydrogen) atoms. The van der Waals surface area contributed by atoms with Gasteiger partial charge in [-0.25, -0.2) is 9.37 Å². The van der Waals surface area contributed by atoms with Crippen LogP contribution in [0.3, 0.4) is 0 Å². The first kappa shape index (κ1) is 23.6. The van der Waals surface area contributed by atoms with E-state index in [0.29, 0.717) is 16.7 Å². The predicted octanol–water partition coefficient (Wildman–Crippen LogP) is 3.93.